The fourth-order valence-corrected chi connectivity index (χ4v) is 3.29. The number of rotatable bonds is 5. The molecule has 1 aliphatic rings. The Morgan fingerprint density at radius 3 is 2.65 bits per heavy atom. The van der Waals surface area contributed by atoms with Crippen LogP contribution in [0.5, 0.6) is 5.75 Å². The highest BCUT2D eigenvalue weighted by Crippen LogP contribution is 2.39. The molecule has 2 aromatic rings. The van der Waals surface area contributed by atoms with E-state index in [1.807, 2.05) is 58.0 Å². The molecule has 0 spiro atoms. The molecule has 26 heavy (non-hydrogen) atoms. The summed E-state index contributed by atoms with van der Waals surface area (Å²) in [6.45, 7) is 8.43. The summed E-state index contributed by atoms with van der Waals surface area (Å²) in [5.41, 5.74) is 2.54. The number of aromatic nitrogens is 2. The van der Waals surface area contributed by atoms with Gasteiger partial charge in [-0.2, -0.15) is 0 Å². The van der Waals surface area contributed by atoms with Gasteiger partial charge in [-0.15, -0.1) is 0 Å². The predicted molar refractivity (Wildman–Crippen MR) is 101 cm³/mol. The number of benzene rings is 1. The third-order valence-electron chi connectivity index (χ3n) is 4.33. The van der Waals surface area contributed by atoms with Crippen LogP contribution in [-0.4, -0.2) is 28.0 Å². The van der Waals surface area contributed by atoms with Crippen molar-refractivity contribution in [1.82, 2.24) is 15.3 Å². The molecule has 6 heteroatoms. The minimum atomic E-state index is -0.308. The van der Waals surface area contributed by atoms with Gasteiger partial charge in [-0.05, 0) is 39.8 Å². The number of aryl methyl sites for hydroxylation is 2. The maximum Gasteiger partial charge on any atom is 0.223 e. The van der Waals surface area contributed by atoms with Crippen molar-refractivity contribution in [2.24, 2.45) is 0 Å². The molecular weight excluding hydrogens is 328 g/mol. The van der Waals surface area contributed by atoms with Gasteiger partial charge in [0.1, 0.15) is 11.4 Å². The zero-order valence-corrected chi connectivity index (χ0v) is 15.8. The maximum absolute atomic E-state index is 12.4. The van der Waals surface area contributed by atoms with Gasteiger partial charge in [0.2, 0.25) is 11.9 Å². The minimum Gasteiger partial charge on any atom is -0.487 e. The fourth-order valence-electron chi connectivity index (χ4n) is 3.29. The first-order valence-electron chi connectivity index (χ1n) is 8.96. The lowest BCUT2D eigenvalue weighted by atomic mass is 9.89. The highest BCUT2D eigenvalue weighted by atomic mass is 16.5. The summed E-state index contributed by atoms with van der Waals surface area (Å²) < 4.78 is 6.01. The number of ether oxygens (including phenoxy) is 1. The van der Waals surface area contributed by atoms with Crippen LogP contribution >= 0.6 is 0 Å². The number of amides is 1. The molecule has 0 radical (unpaired) electrons. The fraction of sp³-hybridized carbons (Fsp3) is 0.450. The number of para-hydroxylation sites is 1. The molecule has 2 heterocycles. The molecule has 1 atom stereocenters. The molecule has 1 aromatic heterocycles. The molecule has 138 valence electrons. The van der Waals surface area contributed by atoms with E-state index in [0.29, 0.717) is 18.9 Å². The van der Waals surface area contributed by atoms with Gasteiger partial charge < -0.3 is 15.4 Å². The molecule has 3 rings (SSSR count). The molecular formula is C20H26N4O2. The number of nitrogens with one attached hydrogen (secondary N) is 2. The van der Waals surface area contributed by atoms with E-state index in [1.54, 1.807) is 0 Å². The number of hydrogen-bond donors (Lipinski definition) is 2. The Labute approximate surface area is 154 Å². The smallest absolute Gasteiger partial charge is 0.223 e. The van der Waals surface area contributed by atoms with Crippen LogP contribution in [0.3, 0.4) is 0 Å². The van der Waals surface area contributed by atoms with Crippen LogP contribution in [0, 0.1) is 13.8 Å². The Morgan fingerprint density at radius 2 is 1.92 bits per heavy atom. The summed E-state index contributed by atoms with van der Waals surface area (Å²) in [7, 11) is 0. The van der Waals surface area contributed by atoms with Crippen molar-refractivity contribution >= 4 is 11.9 Å². The second kappa shape index (κ2) is 7.32. The summed E-state index contributed by atoms with van der Waals surface area (Å²) in [6, 6.07) is 9.76. The monoisotopic (exact) mass is 354 g/mol. The number of nitrogens with zero attached hydrogens (tertiary/aromatic N) is 2. The van der Waals surface area contributed by atoms with Gasteiger partial charge in [-0.3, -0.25) is 4.79 Å². The largest absolute Gasteiger partial charge is 0.487 e. The van der Waals surface area contributed by atoms with Crippen molar-refractivity contribution in [3.8, 4) is 5.75 Å². The Hall–Kier alpha value is -2.63. The quantitative estimate of drug-likeness (QED) is 0.861. The Kier molecular flexibility index (Phi) is 5.11. The molecule has 2 N–H and O–H groups in total. The van der Waals surface area contributed by atoms with Gasteiger partial charge in [0.25, 0.3) is 0 Å². The van der Waals surface area contributed by atoms with Crippen molar-refractivity contribution in [3.05, 3.63) is 47.3 Å². The third-order valence-corrected chi connectivity index (χ3v) is 4.33. The van der Waals surface area contributed by atoms with Crippen LogP contribution in [0.15, 0.2) is 30.3 Å². The molecule has 0 fully saturated rings. The molecule has 1 aliphatic heterocycles. The second-order valence-corrected chi connectivity index (χ2v) is 7.37. The lowest BCUT2D eigenvalue weighted by Gasteiger charge is -2.37. The van der Waals surface area contributed by atoms with Crippen LogP contribution in [0.2, 0.25) is 0 Å². The van der Waals surface area contributed by atoms with Crippen LogP contribution in [0.25, 0.3) is 0 Å². The van der Waals surface area contributed by atoms with E-state index in [0.717, 1.165) is 29.1 Å². The second-order valence-electron chi connectivity index (χ2n) is 7.37. The first-order valence-corrected chi connectivity index (χ1v) is 8.96. The van der Waals surface area contributed by atoms with Crippen molar-refractivity contribution in [3.63, 3.8) is 0 Å². The first-order chi connectivity index (χ1) is 12.3. The van der Waals surface area contributed by atoms with Crippen LogP contribution in [0.1, 0.15) is 49.7 Å². The number of carbonyl (C=O) groups excluding carboxylic acids is 1. The van der Waals surface area contributed by atoms with Crippen molar-refractivity contribution in [1.29, 1.82) is 0 Å². The van der Waals surface area contributed by atoms with E-state index in [2.05, 4.69) is 20.6 Å². The molecule has 1 amide bonds. The summed E-state index contributed by atoms with van der Waals surface area (Å²) in [5.74, 6) is 1.41. The first kappa shape index (κ1) is 18.2. The summed E-state index contributed by atoms with van der Waals surface area (Å²) in [6.07, 6.45) is 1.10. The zero-order chi connectivity index (χ0) is 18.7. The van der Waals surface area contributed by atoms with Gasteiger partial charge in [-0.1, -0.05) is 18.2 Å². The van der Waals surface area contributed by atoms with Crippen LogP contribution in [-0.2, 0) is 4.79 Å². The van der Waals surface area contributed by atoms with Crippen molar-refractivity contribution < 1.29 is 9.53 Å². The summed E-state index contributed by atoms with van der Waals surface area (Å²) in [4.78, 5) is 21.1. The summed E-state index contributed by atoms with van der Waals surface area (Å²) in [5, 5.41) is 6.26. The lowest BCUT2D eigenvalue weighted by Crippen LogP contribution is -2.41. The number of hydrogen-bond acceptors (Lipinski definition) is 5. The Balaban J connectivity index is 1.58. The number of fused-ring (bicyclic) bond motifs is 1. The highest BCUT2D eigenvalue weighted by Gasteiger charge is 2.34. The SMILES string of the molecule is Cc1cc(C)nc(NCCC(=O)NC2CC(C)(C)Oc3ccccc32)n1. The van der Waals surface area contributed by atoms with E-state index in [1.165, 1.54) is 0 Å². The van der Waals surface area contributed by atoms with E-state index in [-0.39, 0.29) is 17.6 Å². The maximum atomic E-state index is 12.4. The van der Waals surface area contributed by atoms with Gasteiger partial charge in [0, 0.05) is 36.3 Å². The van der Waals surface area contributed by atoms with E-state index >= 15 is 0 Å². The zero-order valence-electron chi connectivity index (χ0n) is 15.8. The molecule has 1 aromatic carbocycles. The average molecular weight is 354 g/mol. The summed E-state index contributed by atoms with van der Waals surface area (Å²) >= 11 is 0. The van der Waals surface area contributed by atoms with Crippen LogP contribution in [0.4, 0.5) is 5.95 Å². The lowest BCUT2D eigenvalue weighted by molar-refractivity contribution is -0.122. The molecule has 0 bridgehead atoms. The standard InChI is InChI=1S/C20H26N4O2/c1-13-11-14(2)23-19(22-13)21-10-9-18(25)24-16-12-20(3,4)26-17-8-6-5-7-15(16)17/h5-8,11,16H,9-10,12H2,1-4H3,(H,24,25)(H,21,22,23). The average Bonchev–Trinajstić information content (AvgIpc) is 2.53. The topological polar surface area (TPSA) is 76.1 Å². The predicted octanol–water partition coefficient (Wildman–Crippen LogP) is 3.31. The third kappa shape index (κ3) is 4.50. The minimum absolute atomic E-state index is 0.000576. The molecule has 0 saturated heterocycles. The highest BCUT2D eigenvalue weighted by molar-refractivity contribution is 5.77. The Bertz CT molecular complexity index is 784. The van der Waals surface area contributed by atoms with Gasteiger partial charge in [-0.25, -0.2) is 9.97 Å². The molecule has 1 unspecified atom stereocenters. The van der Waals surface area contributed by atoms with E-state index < -0.39 is 0 Å². The van der Waals surface area contributed by atoms with Gasteiger partial charge >= 0.3 is 0 Å². The van der Waals surface area contributed by atoms with Crippen molar-refractivity contribution in [2.75, 3.05) is 11.9 Å². The van der Waals surface area contributed by atoms with E-state index in [9.17, 15) is 4.79 Å². The van der Waals surface area contributed by atoms with Gasteiger partial charge in [0.05, 0.1) is 6.04 Å². The number of carbonyl (C=O) groups is 1. The normalized spacial score (nSPS) is 17.8. The molecule has 0 saturated carbocycles. The van der Waals surface area contributed by atoms with Gasteiger partial charge in [0.15, 0.2) is 0 Å². The Morgan fingerprint density at radius 1 is 1.23 bits per heavy atom. The molecule has 0 aliphatic carbocycles. The van der Waals surface area contributed by atoms with Crippen molar-refractivity contribution in [2.45, 2.75) is 52.2 Å². The van der Waals surface area contributed by atoms with E-state index in [4.69, 9.17) is 4.74 Å². The number of anilines is 1. The molecule has 6 nitrogen and oxygen atoms in total. The van der Waals surface area contributed by atoms with Crippen LogP contribution < -0.4 is 15.4 Å².